The van der Waals surface area contributed by atoms with Crippen molar-refractivity contribution < 1.29 is 9.53 Å². The number of hydrogen-bond donors (Lipinski definition) is 1. The molecule has 4 heteroatoms. The van der Waals surface area contributed by atoms with Gasteiger partial charge in [0.1, 0.15) is 0 Å². The molecule has 0 bridgehead atoms. The number of carbonyl (C=O) groups is 1. The number of benzene rings is 1. The van der Waals surface area contributed by atoms with Gasteiger partial charge in [-0.1, -0.05) is 0 Å². The van der Waals surface area contributed by atoms with Crippen molar-refractivity contribution in [1.29, 1.82) is 0 Å². The Morgan fingerprint density at radius 2 is 2.05 bits per heavy atom. The number of ether oxygens (including phenoxy) is 1. The molecular formula is C15H22N2O2. The number of nitrogen functional groups attached to an aromatic ring is 1. The molecule has 0 radical (unpaired) electrons. The van der Waals surface area contributed by atoms with Gasteiger partial charge in [-0.15, -0.1) is 0 Å². The summed E-state index contributed by atoms with van der Waals surface area (Å²) in [4.78, 5) is 14.1. The average molecular weight is 262 g/mol. The molecule has 1 fully saturated rings. The lowest BCUT2D eigenvalue weighted by Crippen LogP contribution is -2.29. The molecule has 0 spiro atoms. The molecule has 2 rings (SSSR count). The molecule has 1 aromatic rings. The van der Waals surface area contributed by atoms with Gasteiger partial charge in [-0.2, -0.15) is 0 Å². The van der Waals surface area contributed by atoms with Crippen LogP contribution in [0.15, 0.2) is 18.2 Å². The number of likely N-dealkylation sites (tertiary alicyclic amines) is 1. The maximum Gasteiger partial charge on any atom is 0.338 e. The number of esters is 1. The second-order valence-electron chi connectivity index (χ2n) is 5.19. The first kappa shape index (κ1) is 13.9. The van der Waals surface area contributed by atoms with E-state index < -0.39 is 0 Å². The molecule has 19 heavy (non-hydrogen) atoms. The van der Waals surface area contributed by atoms with Crippen LogP contribution in [0.5, 0.6) is 0 Å². The summed E-state index contributed by atoms with van der Waals surface area (Å²) < 4.78 is 5.04. The Labute approximate surface area is 114 Å². The van der Waals surface area contributed by atoms with Crippen LogP contribution in [0.4, 0.5) is 5.69 Å². The van der Waals surface area contributed by atoms with Crippen LogP contribution in [0, 0.1) is 0 Å². The van der Waals surface area contributed by atoms with E-state index in [-0.39, 0.29) is 5.97 Å². The quantitative estimate of drug-likeness (QED) is 0.670. The Bertz CT molecular complexity index is 451. The largest absolute Gasteiger partial charge is 0.462 e. The number of piperidine rings is 1. The lowest BCUT2D eigenvalue weighted by Gasteiger charge is -2.29. The molecule has 0 saturated carbocycles. The van der Waals surface area contributed by atoms with E-state index in [0.29, 0.717) is 23.8 Å². The van der Waals surface area contributed by atoms with Gasteiger partial charge < -0.3 is 15.4 Å². The maximum absolute atomic E-state index is 11.8. The minimum atomic E-state index is -0.288. The van der Waals surface area contributed by atoms with Gasteiger partial charge in [0.2, 0.25) is 0 Å². The van der Waals surface area contributed by atoms with E-state index in [9.17, 15) is 4.79 Å². The third kappa shape index (κ3) is 3.47. The van der Waals surface area contributed by atoms with E-state index in [1.54, 1.807) is 6.07 Å². The molecule has 2 N–H and O–H groups in total. The molecule has 0 unspecified atom stereocenters. The minimum absolute atomic E-state index is 0.288. The van der Waals surface area contributed by atoms with Crippen LogP contribution < -0.4 is 5.73 Å². The van der Waals surface area contributed by atoms with Crippen molar-refractivity contribution in [3.8, 4) is 0 Å². The van der Waals surface area contributed by atoms with Crippen molar-refractivity contribution in [2.24, 2.45) is 0 Å². The summed E-state index contributed by atoms with van der Waals surface area (Å²) in [5, 5.41) is 0. The van der Waals surface area contributed by atoms with Gasteiger partial charge in [0.15, 0.2) is 0 Å². The van der Waals surface area contributed by atoms with E-state index in [2.05, 4.69) is 11.9 Å². The number of hydrogen-bond acceptors (Lipinski definition) is 4. The standard InChI is InChI=1S/C15H22N2O2/c1-3-19-15(18)13-8-12(9-14(16)10-13)11-4-6-17(2)7-5-11/h8-11H,3-7,16H2,1-2H3. The number of carbonyl (C=O) groups excluding carboxylic acids is 1. The summed E-state index contributed by atoms with van der Waals surface area (Å²) >= 11 is 0. The van der Waals surface area contributed by atoms with E-state index in [1.165, 1.54) is 0 Å². The number of anilines is 1. The molecule has 1 aliphatic heterocycles. The second-order valence-corrected chi connectivity index (χ2v) is 5.19. The van der Waals surface area contributed by atoms with Gasteiger partial charge in [-0.3, -0.25) is 0 Å². The first-order valence-corrected chi connectivity index (χ1v) is 6.86. The first-order valence-electron chi connectivity index (χ1n) is 6.86. The monoisotopic (exact) mass is 262 g/mol. The van der Waals surface area contributed by atoms with Crippen LogP contribution in [-0.4, -0.2) is 37.6 Å². The van der Waals surface area contributed by atoms with Crippen LogP contribution in [0.3, 0.4) is 0 Å². The van der Waals surface area contributed by atoms with Crippen LogP contribution in [-0.2, 0) is 4.74 Å². The minimum Gasteiger partial charge on any atom is -0.462 e. The summed E-state index contributed by atoms with van der Waals surface area (Å²) in [7, 11) is 2.14. The second kappa shape index (κ2) is 6.06. The Hall–Kier alpha value is -1.55. The van der Waals surface area contributed by atoms with Crippen molar-refractivity contribution in [2.75, 3.05) is 32.5 Å². The van der Waals surface area contributed by atoms with Crippen molar-refractivity contribution in [3.63, 3.8) is 0 Å². The molecule has 1 saturated heterocycles. The third-order valence-corrected chi connectivity index (χ3v) is 3.68. The van der Waals surface area contributed by atoms with E-state index in [1.807, 2.05) is 19.1 Å². The number of rotatable bonds is 3. The zero-order valence-electron chi connectivity index (χ0n) is 11.7. The molecule has 0 aliphatic carbocycles. The summed E-state index contributed by atoms with van der Waals surface area (Å²) in [6.45, 7) is 4.38. The third-order valence-electron chi connectivity index (χ3n) is 3.68. The smallest absolute Gasteiger partial charge is 0.338 e. The fourth-order valence-electron chi connectivity index (χ4n) is 2.59. The summed E-state index contributed by atoms with van der Waals surface area (Å²) in [6, 6.07) is 5.61. The molecule has 1 aromatic carbocycles. The first-order chi connectivity index (χ1) is 9.10. The topological polar surface area (TPSA) is 55.6 Å². The van der Waals surface area contributed by atoms with Crippen molar-refractivity contribution >= 4 is 11.7 Å². The fraction of sp³-hybridized carbons (Fsp3) is 0.533. The Balaban J connectivity index is 2.19. The predicted molar refractivity (Wildman–Crippen MR) is 76.3 cm³/mol. The molecule has 0 aromatic heterocycles. The lowest BCUT2D eigenvalue weighted by atomic mass is 9.88. The van der Waals surface area contributed by atoms with Crippen molar-refractivity contribution in [2.45, 2.75) is 25.7 Å². The SMILES string of the molecule is CCOC(=O)c1cc(N)cc(C2CCN(C)CC2)c1. The van der Waals surface area contributed by atoms with E-state index in [4.69, 9.17) is 10.5 Å². The summed E-state index contributed by atoms with van der Waals surface area (Å²) in [6.07, 6.45) is 2.23. The molecule has 0 amide bonds. The normalized spacial score (nSPS) is 17.4. The van der Waals surface area contributed by atoms with Crippen LogP contribution in [0.1, 0.15) is 41.6 Å². The van der Waals surface area contributed by atoms with Crippen LogP contribution >= 0.6 is 0 Å². The highest BCUT2D eigenvalue weighted by Crippen LogP contribution is 2.29. The van der Waals surface area contributed by atoms with Gasteiger partial charge in [0.25, 0.3) is 0 Å². The highest BCUT2D eigenvalue weighted by molar-refractivity contribution is 5.90. The van der Waals surface area contributed by atoms with Gasteiger partial charge in [0.05, 0.1) is 12.2 Å². The van der Waals surface area contributed by atoms with E-state index >= 15 is 0 Å². The van der Waals surface area contributed by atoms with Crippen molar-refractivity contribution in [3.05, 3.63) is 29.3 Å². The summed E-state index contributed by atoms with van der Waals surface area (Å²) in [5.41, 5.74) is 8.28. The molecule has 1 aliphatic rings. The molecule has 1 heterocycles. The number of nitrogens with zero attached hydrogens (tertiary/aromatic N) is 1. The van der Waals surface area contributed by atoms with Gasteiger partial charge in [-0.25, -0.2) is 4.79 Å². The predicted octanol–water partition coefficient (Wildman–Crippen LogP) is 2.25. The number of nitrogens with two attached hydrogens (primary N) is 1. The molecule has 4 nitrogen and oxygen atoms in total. The lowest BCUT2D eigenvalue weighted by molar-refractivity contribution is 0.0526. The molecule has 104 valence electrons. The van der Waals surface area contributed by atoms with Gasteiger partial charge >= 0.3 is 5.97 Å². The highest BCUT2D eigenvalue weighted by atomic mass is 16.5. The maximum atomic E-state index is 11.8. The molecular weight excluding hydrogens is 240 g/mol. The zero-order chi connectivity index (χ0) is 13.8. The Morgan fingerprint density at radius 3 is 2.68 bits per heavy atom. The molecule has 0 atom stereocenters. The Kier molecular flexibility index (Phi) is 4.43. The van der Waals surface area contributed by atoms with Gasteiger partial charge in [0, 0.05) is 5.69 Å². The van der Waals surface area contributed by atoms with Crippen LogP contribution in [0.25, 0.3) is 0 Å². The highest BCUT2D eigenvalue weighted by Gasteiger charge is 2.20. The summed E-state index contributed by atoms with van der Waals surface area (Å²) in [5.74, 6) is 0.205. The Morgan fingerprint density at radius 1 is 1.37 bits per heavy atom. The van der Waals surface area contributed by atoms with Crippen LogP contribution in [0.2, 0.25) is 0 Å². The van der Waals surface area contributed by atoms with E-state index in [0.717, 1.165) is 31.5 Å². The van der Waals surface area contributed by atoms with Gasteiger partial charge in [-0.05, 0) is 69.6 Å². The zero-order valence-corrected chi connectivity index (χ0v) is 11.7. The van der Waals surface area contributed by atoms with Crippen molar-refractivity contribution in [1.82, 2.24) is 4.90 Å². The average Bonchev–Trinajstić information content (AvgIpc) is 2.39. The fourth-order valence-corrected chi connectivity index (χ4v) is 2.59.